The molecule has 1 saturated heterocycles. The van der Waals surface area contributed by atoms with Crippen molar-refractivity contribution >= 4 is 12.4 Å². The van der Waals surface area contributed by atoms with Gasteiger partial charge in [-0.25, -0.2) is 0 Å². The molecular formula is C22H30ClNO2. The molecule has 0 N–H and O–H groups in total. The van der Waals surface area contributed by atoms with Crippen LogP contribution in [0.15, 0.2) is 48.5 Å². The molecule has 1 aliphatic heterocycles. The van der Waals surface area contributed by atoms with Crippen molar-refractivity contribution in [1.82, 2.24) is 4.90 Å². The number of benzene rings is 2. The first-order valence-corrected chi connectivity index (χ1v) is 9.25. The van der Waals surface area contributed by atoms with E-state index in [0.29, 0.717) is 0 Å². The third kappa shape index (κ3) is 5.65. The summed E-state index contributed by atoms with van der Waals surface area (Å²) in [5, 5.41) is 0. The SMILES string of the molecule is COc1ccc(CCN2CCC(Cc3ccccc3)CC2)cc1OC.Cl. The highest BCUT2D eigenvalue weighted by Crippen LogP contribution is 2.28. The Balaban J connectivity index is 0.00000243. The molecule has 0 saturated carbocycles. The van der Waals surface area contributed by atoms with E-state index in [9.17, 15) is 0 Å². The van der Waals surface area contributed by atoms with Crippen LogP contribution in [-0.4, -0.2) is 38.8 Å². The molecule has 3 nitrogen and oxygen atoms in total. The Morgan fingerprint density at radius 1 is 0.885 bits per heavy atom. The molecule has 26 heavy (non-hydrogen) atoms. The number of hydrogen-bond donors (Lipinski definition) is 0. The molecule has 0 unspecified atom stereocenters. The molecule has 1 aliphatic rings. The van der Waals surface area contributed by atoms with Gasteiger partial charge in [-0.2, -0.15) is 0 Å². The van der Waals surface area contributed by atoms with Crippen molar-refractivity contribution in [2.45, 2.75) is 25.7 Å². The van der Waals surface area contributed by atoms with Crippen LogP contribution in [0, 0.1) is 5.92 Å². The summed E-state index contributed by atoms with van der Waals surface area (Å²) in [6.45, 7) is 3.54. The first-order chi connectivity index (χ1) is 12.3. The molecular weight excluding hydrogens is 346 g/mol. The summed E-state index contributed by atoms with van der Waals surface area (Å²) in [6, 6.07) is 17.1. The maximum atomic E-state index is 5.40. The molecule has 0 radical (unpaired) electrons. The van der Waals surface area contributed by atoms with Crippen LogP contribution in [0.2, 0.25) is 0 Å². The predicted octanol–water partition coefficient (Wildman–Crippen LogP) is 4.62. The van der Waals surface area contributed by atoms with Crippen molar-refractivity contribution < 1.29 is 9.47 Å². The molecule has 0 spiro atoms. The van der Waals surface area contributed by atoms with Crippen molar-refractivity contribution in [3.8, 4) is 11.5 Å². The molecule has 0 atom stereocenters. The smallest absolute Gasteiger partial charge is 0.160 e. The number of halogens is 1. The highest BCUT2D eigenvalue weighted by Gasteiger charge is 2.19. The van der Waals surface area contributed by atoms with Crippen LogP contribution in [-0.2, 0) is 12.8 Å². The largest absolute Gasteiger partial charge is 0.493 e. The maximum Gasteiger partial charge on any atom is 0.160 e. The Morgan fingerprint density at radius 3 is 2.23 bits per heavy atom. The van der Waals surface area contributed by atoms with E-state index < -0.39 is 0 Å². The van der Waals surface area contributed by atoms with Crippen molar-refractivity contribution in [2.75, 3.05) is 33.9 Å². The van der Waals surface area contributed by atoms with E-state index in [2.05, 4.69) is 47.4 Å². The fourth-order valence-corrected chi connectivity index (χ4v) is 3.68. The van der Waals surface area contributed by atoms with Crippen molar-refractivity contribution in [3.63, 3.8) is 0 Å². The van der Waals surface area contributed by atoms with Crippen molar-refractivity contribution in [1.29, 1.82) is 0 Å². The van der Waals surface area contributed by atoms with Crippen LogP contribution < -0.4 is 9.47 Å². The van der Waals surface area contributed by atoms with Crippen LogP contribution in [0.4, 0.5) is 0 Å². The van der Waals surface area contributed by atoms with Gasteiger partial charge < -0.3 is 14.4 Å². The minimum atomic E-state index is 0. The molecule has 0 aliphatic carbocycles. The van der Waals surface area contributed by atoms with Crippen LogP contribution in [0.25, 0.3) is 0 Å². The van der Waals surface area contributed by atoms with E-state index in [1.54, 1.807) is 14.2 Å². The highest BCUT2D eigenvalue weighted by atomic mass is 35.5. The average Bonchev–Trinajstić information content (AvgIpc) is 2.68. The van der Waals surface area contributed by atoms with Crippen LogP contribution in [0.1, 0.15) is 24.0 Å². The Labute approximate surface area is 163 Å². The third-order valence-electron chi connectivity index (χ3n) is 5.24. The van der Waals surface area contributed by atoms with E-state index in [0.717, 1.165) is 30.4 Å². The number of ether oxygens (including phenoxy) is 2. The first kappa shape index (κ1) is 20.6. The Bertz CT molecular complexity index is 654. The Kier molecular flexibility index (Phi) is 8.27. The van der Waals surface area contributed by atoms with E-state index >= 15 is 0 Å². The van der Waals surface area contributed by atoms with Crippen LogP contribution >= 0.6 is 12.4 Å². The lowest BCUT2D eigenvalue weighted by molar-refractivity contribution is 0.186. The predicted molar refractivity (Wildman–Crippen MR) is 110 cm³/mol. The lowest BCUT2D eigenvalue weighted by Gasteiger charge is -2.32. The molecule has 0 bridgehead atoms. The molecule has 1 heterocycles. The lowest BCUT2D eigenvalue weighted by Crippen LogP contribution is -2.35. The first-order valence-electron chi connectivity index (χ1n) is 9.25. The second-order valence-corrected chi connectivity index (χ2v) is 6.91. The molecule has 2 aromatic carbocycles. The summed E-state index contributed by atoms with van der Waals surface area (Å²) < 4.78 is 10.7. The van der Waals surface area contributed by atoms with Gasteiger partial charge in [0.2, 0.25) is 0 Å². The monoisotopic (exact) mass is 375 g/mol. The normalized spacial score (nSPS) is 15.3. The van der Waals surface area contributed by atoms with Crippen LogP contribution in [0.3, 0.4) is 0 Å². The zero-order valence-electron chi connectivity index (χ0n) is 15.8. The zero-order valence-corrected chi connectivity index (χ0v) is 16.6. The highest BCUT2D eigenvalue weighted by molar-refractivity contribution is 5.85. The van der Waals surface area contributed by atoms with Gasteiger partial charge in [0.25, 0.3) is 0 Å². The fourth-order valence-electron chi connectivity index (χ4n) is 3.68. The van der Waals surface area contributed by atoms with Gasteiger partial charge in [0.05, 0.1) is 14.2 Å². The zero-order chi connectivity index (χ0) is 17.5. The van der Waals surface area contributed by atoms with Gasteiger partial charge in [0, 0.05) is 6.54 Å². The summed E-state index contributed by atoms with van der Waals surface area (Å²) in [5.74, 6) is 2.45. The topological polar surface area (TPSA) is 21.7 Å². The molecule has 4 heteroatoms. The number of methoxy groups -OCH3 is 2. The van der Waals surface area contributed by atoms with Gasteiger partial charge in [0.15, 0.2) is 11.5 Å². The van der Waals surface area contributed by atoms with E-state index in [1.165, 1.54) is 43.5 Å². The second-order valence-electron chi connectivity index (χ2n) is 6.91. The molecule has 0 aromatic heterocycles. The van der Waals surface area contributed by atoms with Gasteiger partial charge >= 0.3 is 0 Å². The van der Waals surface area contributed by atoms with Gasteiger partial charge in [-0.05, 0) is 68.0 Å². The quantitative estimate of drug-likeness (QED) is 0.704. The number of rotatable bonds is 7. The molecule has 3 rings (SSSR count). The number of hydrogen-bond acceptors (Lipinski definition) is 3. The van der Waals surface area contributed by atoms with Gasteiger partial charge in [0.1, 0.15) is 0 Å². The van der Waals surface area contributed by atoms with E-state index in [4.69, 9.17) is 9.47 Å². The number of nitrogens with zero attached hydrogens (tertiary/aromatic N) is 1. The van der Waals surface area contributed by atoms with Gasteiger partial charge in [-0.3, -0.25) is 0 Å². The van der Waals surface area contributed by atoms with Gasteiger partial charge in [-0.15, -0.1) is 12.4 Å². The minimum Gasteiger partial charge on any atom is -0.493 e. The standard InChI is InChI=1S/C22H29NO2.ClH/c1-24-21-9-8-19(17-22(21)25-2)10-13-23-14-11-20(12-15-23)16-18-6-4-3-5-7-18;/h3-9,17,20H,10-16H2,1-2H3;1H. The molecule has 142 valence electrons. The number of piperidine rings is 1. The Morgan fingerprint density at radius 2 is 1.58 bits per heavy atom. The molecule has 2 aromatic rings. The molecule has 0 amide bonds. The van der Waals surface area contributed by atoms with E-state index in [-0.39, 0.29) is 12.4 Å². The summed E-state index contributed by atoms with van der Waals surface area (Å²) >= 11 is 0. The lowest BCUT2D eigenvalue weighted by atomic mass is 9.90. The summed E-state index contributed by atoms with van der Waals surface area (Å²) in [4.78, 5) is 2.60. The van der Waals surface area contributed by atoms with Crippen molar-refractivity contribution in [3.05, 3.63) is 59.7 Å². The average molecular weight is 376 g/mol. The van der Waals surface area contributed by atoms with Crippen molar-refractivity contribution in [2.24, 2.45) is 5.92 Å². The fraction of sp³-hybridized carbons (Fsp3) is 0.455. The second kappa shape index (κ2) is 10.4. The third-order valence-corrected chi connectivity index (χ3v) is 5.24. The number of likely N-dealkylation sites (tertiary alicyclic amines) is 1. The van der Waals surface area contributed by atoms with Crippen LogP contribution in [0.5, 0.6) is 11.5 Å². The van der Waals surface area contributed by atoms with Gasteiger partial charge in [-0.1, -0.05) is 36.4 Å². The molecule has 1 fully saturated rings. The summed E-state index contributed by atoms with van der Waals surface area (Å²) in [5.41, 5.74) is 2.79. The van der Waals surface area contributed by atoms with E-state index in [1.807, 2.05) is 6.07 Å². The minimum absolute atomic E-state index is 0. The summed E-state index contributed by atoms with van der Waals surface area (Å²) in [7, 11) is 3.37. The summed E-state index contributed by atoms with van der Waals surface area (Å²) in [6.07, 6.45) is 4.90. The Hall–Kier alpha value is -1.71. The maximum absolute atomic E-state index is 5.40.